The quantitative estimate of drug-likeness (QED) is 0.555. The van der Waals surface area contributed by atoms with Crippen LogP contribution in [0.25, 0.3) is 0 Å². The predicted octanol–water partition coefficient (Wildman–Crippen LogP) is 4.67. The van der Waals surface area contributed by atoms with Crippen molar-refractivity contribution >= 4 is 34.8 Å². The first kappa shape index (κ1) is 19.7. The number of amides is 2. The van der Waals surface area contributed by atoms with Gasteiger partial charge in [-0.25, -0.2) is 18.7 Å². The number of hydroxylamine groups is 1. The molecule has 0 aromatic heterocycles. The number of fused-ring (bicyclic) bond motifs is 1. The predicted molar refractivity (Wildman–Crippen MR) is 110 cm³/mol. The number of halogens is 3. The molecule has 2 aliphatic rings. The Morgan fingerprint density at radius 2 is 1.52 bits per heavy atom. The van der Waals surface area contributed by atoms with Gasteiger partial charge in [-0.15, -0.1) is 0 Å². The van der Waals surface area contributed by atoms with Crippen molar-refractivity contribution in [1.82, 2.24) is 0 Å². The standard InChI is InChI=1S/C23H15ClF2N2O3/c24-14-7-9-15(10-8-14)27-22(29)19-20(13-6-11-17(25)18(26)12-13)28(31-21(19)23(27)30)16-4-2-1-3-5-16/h1-12,19-21H. The molecular formula is C23H15ClF2N2O3. The summed E-state index contributed by atoms with van der Waals surface area (Å²) in [6.45, 7) is 0. The summed E-state index contributed by atoms with van der Waals surface area (Å²) >= 11 is 5.92. The van der Waals surface area contributed by atoms with E-state index >= 15 is 0 Å². The second-order valence-corrected chi connectivity index (χ2v) is 7.76. The van der Waals surface area contributed by atoms with Crippen molar-refractivity contribution in [3.05, 3.63) is 95.0 Å². The molecule has 0 spiro atoms. The Hall–Kier alpha value is -3.29. The number of hydrogen-bond donors (Lipinski definition) is 0. The fraction of sp³-hybridized carbons (Fsp3) is 0.130. The normalized spacial score (nSPS) is 22.9. The van der Waals surface area contributed by atoms with Crippen LogP contribution in [-0.4, -0.2) is 17.9 Å². The summed E-state index contributed by atoms with van der Waals surface area (Å²) in [5, 5.41) is 1.89. The average Bonchev–Trinajstić information content (AvgIpc) is 3.28. The van der Waals surface area contributed by atoms with Crippen molar-refractivity contribution in [2.24, 2.45) is 5.92 Å². The minimum absolute atomic E-state index is 0.328. The van der Waals surface area contributed by atoms with Crippen LogP contribution in [0.5, 0.6) is 0 Å². The Balaban J connectivity index is 1.60. The Labute approximate surface area is 181 Å². The van der Waals surface area contributed by atoms with E-state index in [9.17, 15) is 18.4 Å². The first-order valence-corrected chi connectivity index (χ1v) is 9.93. The van der Waals surface area contributed by atoms with Crippen LogP contribution in [0.4, 0.5) is 20.2 Å². The zero-order chi connectivity index (χ0) is 21.7. The molecule has 0 radical (unpaired) electrons. The highest BCUT2D eigenvalue weighted by Gasteiger charge is 2.60. The molecule has 2 fully saturated rings. The monoisotopic (exact) mass is 440 g/mol. The molecule has 3 aromatic carbocycles. The van der Waals surface area contributed by atoms with Gasteiger partial charge in [-0.1, -0.05) is 35.9 Å². The molecular weight excluding hydrogens is 426 g/mol. The molecule has 156 valence electrons. The van der Waals surface area contributed by atoms with Crippen LogP contribution < -0.4 is 9.96 Å². The van der Waals surface area contributed by atoms with Gasteiger partial charge in [-0.2, -0.15) is 0 Å². The Kier molecular flexibility index (Phi) is 4.72. The van der Waals surface area contributed by atoms with Gasteiger partial charge in [-0.05, 0) is 54.1 Å². The van der Waals surface area contributed by atoms with Gasteiger partial charge in [0.2, 0.25) is 5.91 Å². The van der Waals surface area contributed by atoms with E-state index < -0.39 is 41.5 Å². The Morgan fingerprint density at radius 1 is 0.806 bits per heavy atom. The molecule has 5 nitrogen and oxygen atoms in total. The number of benzene rings is 3. The van der Waals surface area contributed by atoms with Crippen LogP contribution in [-0.2, 0) is 14.4 Å². The summed E-state index contributed by atoms with van der Waals surface area (Å²) in [6, 6.07) is 17.8. The molecule has 0 saturated carbocycles. The van der Waals surface area contributed by atoms with E-state index in [0.717, 1.165) is 17.0 Å². The lowest BCUT2D eigenvalue weighted by Crippen LogP contribution is -2.37. The molecule has 8 heteroatoms. The molecule has 5 rings (SSSR count). The zero-order valence-corrected chi connectivity index (χ0v) is 16.7. The molecule has 3 atom stereocenters. The lowest BCUT2D eigenvalue weighted by molar-refractivity contribution is -0.126. The van der Waals surface area contributed by atoms with Crippen molar-refractivity contribution in [2.45, 2.75) is 12.1 Å². The largest absolute Gasteiger partial charge is 0.273 e. The van der Waals surface area contributed by atoms with E-state index in [2.05, 4.69) is 0 Å². The second-order valence-electron chi connectivity index (χ2n) is 7.32. The molecule has 0 bridgehead atoms. The SMILES string of the molecule is O=C1C2ON(c3ccccc3)C(c3ccc(F)c(F)c3)C2C(=O)N1c1ccc(Cl)cc1. The summed E-state index contributed by atoms with van der Waals surface area (Å²) < 4.78 is 27.6. The van der Waals surface area contributed by atoms with E-state index in [1.807, 2.05) is 6.07 Å². The molecule has 0 N–H and O–H groups in total. The molecule has 3 aromatic rings. The topological polar surface area (TPSA) is 49.9 Å². The van der Waals surface area contributed by atoms with Crippen molar-refractivity contribution in [3.63, 3.8) is 0 Å². The number of anilines is 2. The van der Waals surface area contributed by atoms with Crippen molar-refractivity contribution in [1.29, 1.82) is 0 Å². The minimum atomic E-state index is -1.10. The summed E-state index contributed by atoms with van der Waals surface area (Å²) in [4.78, 5) is 33.5. The molecule has 2 heterocycles. The lowest BCUT2D eigenvalue weighted by Gasteiger charge is -2.28. The number of hydrogen-bond acceptors (Lipinski definition) is 4. The molecule has 2 aliphatic heterocycles. The number of para-hydroxylation sites is 1. The van der Waals surface area contributed by atoms with Gasteiger partial charge >= 0.3 is 0 Å². The third-order valence-electron chi connectivity index (χ3n) is 5.50. The maximum Gasteiger partial charge on any atom is 0.266 e. The van der Waals surface area contributed by atoms with Crippen LogP contribution in [0.1, 0.15) is 11.6 Å². The lowest BCUT2D eigenvalue weighted by atomic mass is 9.90. The van der Waals surface area contributed by atoms with Gasteiger partial charge in [0.1, 0.15) is 5.92 Å². The van der Waals surface area contributed by atoms with Gasteiger partial charge < -0.3 is 0 Å². The van der Waals surface area contributed by atoms with Crippen LogP contribution in [0.3, 0.4) is 0 Å². The summed E-state index contributed by atoms with van der Waals surface area (Å²) in [5.74, 6) is -3.98. The maximum absolute atomic E-state index is 14.1. The zero-order valence-electron chi connectivity index (χ0n) is 15.9. The molecule has 2 amide bonds. The average molecular weight is 441 g/mol. The van der Waals surface area contributed by atoms with Crippen LogP contribution in [0.2, 0.25) is 5.02 Å². The van der Waals surface area contributed by atoms with Gasteiger partial charge in [0, 0.05) is 5.02 Å². The highest BCUT2D eigenvalue weighted by atomic mass is 35.5. The van der Waals surface area contributed by atoms with E-state index in [4.69, 9.17) is 16.4 Å². The third kappa shape index (κ3) is 3.17. The van der Waals surface area contributed by atoms with Crippen LogP contribution in [0, 0.1) is 17.6 Å². The molecule has 2 saturated heterocycles. The highest BCUT2D eigenvalue weighted by molar-refractivity contribution is 6.31. The Morgan fingerprint density at radius 3 is 2.19 bits per heavy atom. The molecule has 0 aliphatic carbocycles. The first-order chi connectivity index (χ1) is 15.0. The van der Waals surface area contributed by atoms with Gasteiger partial charge in [0.05, 0.1) is 17.4 Å². The third-order valence-corrected chi connectivity index (χ3v) is 5.75. The van der Waals surface area contributed by atoms with Crippen molar-refractivity contribution < 1.29 is 23.2 Å². The number of carbonyl (C=O) groups is 2. The summed E-state index contributed by atoms with van der Waals surface area (Å²) in [7, 11) is 0. The van der Waals surface area contributed by atoms with Gasteiger partial charge in [0.25, 0.3) is 5.91 Å². The maximum atomic E-state index is 14.1. The van der Waals surface area contributed by atoms with Crippen molar-refractivity contribution in [3.8, 4) is 0 Å². The highest BCUT2D eigenvalue weighted by Crippen LogP contribution is 2.47. The molecule has 31 heavy (non-hydrogen) atoms. The number of carbonyl (C=O) groups excluding carboxylic acids is 2. The second kappa shape index (κ2) is 7.44. The summed E-state index contributed by atoms with van der Waals surface area (Å²) in [5.41, 5.74) is 1.28. The Bertz CT molecular complexity index is 1170. The number of imide groups is 1. The smallest absolute Gasteiger partial charge is 0.266 e. The van der Waals surface area contributed by atoms with Crippen molar-refractivity contribution in [2.75, 3.05) is 9.96 Å². The van der Waals surface area contributed by atoms with E-state index in [1.54, 1.807) is 48.5 Å². The summed E-state index contributed by atoms with van der Waals surface area (Å²) in [6.07, 6.45) is -1.10. The van der Waals surface area contributed by atoms with E-state index in [-0.39, 0.29) is 0 Å². The van der Waals surface area contributed by atoms with Gasteiger partial charge in [0.15, 0.2) is 17.7 Å². The fourth-order valence-corrected chi connectivity index (χ4v) is 4.22. The fourth-order valence-electron chi connectivity index (χ4n) is 4.09. The minimum Gasteiger partial charge on any atom is -0.273 e. The van der Waals surface area contributed by atoms with E-state index in [0.29, 0.717) is 22.0 Å². The van der Waals surface area contributed by atoms with Crippen LogP contribution in [0.15, 0.2) is 72.8 Å². The number of nitrogens with zero attached hydrogens (tertiary/aromatic N) is 2. The van der Waals surface area contributed by atoms with E-state index in [1.165, 1.54) is 11.1 Å². The first-order valence-electron chi connectivity index (χ1n) is 9.55. The van der Waals surface area contributed by atoms with Gasteiger partial charge in [-0.3, -0.25) is 14.4 Å². The number of rotatable bonds is 3. The molecule has 3 unspecified atom stereocenters. The van der Waals surface area contributed by atoms with Crippen LogP contribution >= 0.6 is 11.6 Å².